The van der Waals surface area contributed by atoms with Crippen molar-refractivity contribution >= 4 is 17.5 Å². The van der Waals surface area contributed by atoms with E-state index in [2.05, 4.69) is 0 Å². The number of carbonyl (C=O) groups excluding carboxylic acids is 1. The highest BCUT2D eigenvalue weighted by Crippen LogP contribution is 2.23. The highest BCUT2D eigenvalue weighted by molar-refractivity contribution is 6.30. The van der Waals surface area contributed by atoms with E-state index in [4.69, 9.17) is 16.3 Å². The monoisotopic (exact) mass is 303 g/mol. The molecule has 110 valence electrons. The van der Waals surface area contributed by atoms with Gasteiger partial charge in [0.2, 0.25) is 5.91 Å². The van der Waals surface area contributed by atoms with Gasteiger partial charge in [0, 0.05) is 24.2 Å². The van der Waals surface area contributed by atoms with Crippen LogP contribution >= 0.6 is 11.6 Å². The van der Waals surface area contributed by atoms with Gasteiger partial charge >= 0.3 is 0 Å². The Bertz CT molecular complexity index is 613. The van der Waals surface area contributed by atoms with E-state index in [1.165, 1.54) is 0 Å². The maximum Gasteiger partial charge on any atom is 0.227 e. The van der Waals surface area contributed by atoms with Crippen molar-refractivity contribution < 1.29 is 9.53 Å². The Morgan fingerprint density at radius 1 is 1.19 bits per heavy atom. The molecule has 4 heteroatoms. The summed E-state index contributed by atoms with van der Waals surface area (Å²) >= 11 is 5.99. The van der Waals surface area contributed by atoms with Crippen molar-refractivity contribution in [3.05, 3.63) is 64.7 Å². The van der Waals surface area contributed by atoms with E-state index < -0.39 is 0 Å². The van der Waals surface area contributed by atoms with E-state index in [-0.39, 0.29) is 12.3 Å². The first kappa shape index (κ1) is 15.4. The van der Waals surface area contributed by atoms with Crippen LogP contribution in [0.1, 0.15) is 11.1 Å². The lowest BCUT2D eigenvalue weighted by molar-refractivity contribution is -0.129. The van der Waals surface area contributed by atoms with Crippen LogP contribution in [0.25, 0.3) is 0 Å². The second kappa shape index (κ2) is 7.14. The SMILES string of the molecule is COc1ccc(Cl)cc1CC(=O)N(C)Cc1ccccc1. The molecule has 0 radical (unpaired) electrons. The molecular weight excluding hydrogens is 286 g/mol. The van der Waals surface area contributed by atoms with E-state index in [1.807, 2.05) is 30.3 Å². The number of methoxy groups -OCH3 is 1. The smallest absolute Gasteiger partial charge is 0.227 e. The topological polar surface area (TPSA) is 29.5 Å². The van der Waals surface area contributed by atoms with Crippen molar-refractivity contribution in [3.63, 3.8) is 0 Å². The zero-order valence-electron chi connectivity index (χ0n) is 12.2. The second-order valence-electron chi connectivity index (χ2n) is 4.87. The number of ether oxygens (including phenoxy) is 1. The molecule has 0 aliphatic carbocycles. The molecule has 0 atom stereocenters. The minimum atomic E-state index is 0.0272. The molecule has 3 nitrogen and oxygen atoms in total. The van der Waals surface area contributed by atoms with Gasteiger partial charge in [0.05, 0.1) is 13.5 Å². The van der Waals surface area contributed by atoms with Crippen molar-refractivity contribution in [2.75, 3.05) is 14.2 Å². The van der Waals surface area contributed by atoms with Gasteiger partial charge in [-0.3, -0.25) is 4.79 Å². The van der Waals surface area contributed by atoms with Gasteiger partial charge in [-0.25, -0.2) is 0 Å². The van der Waals surface area contributed by atoms with E-state index in [0.29, 0.717) is 17.3 Å². The fourth-order valence-corrected chi connectivity index (χ4v) is 2.32. The Labute approximate surface area is 130 Å². The lowest BCUT2D eigenvalue weighted by Gasteiger charge is -2.18. The third-order valence-corrected chi connectivity index (χ3v) is 3.51. The van der Waals surface area contributed by atoms with Crippen LogP contribution in [0.2, 0.25) is 5.02 Å². The number of benzene rings is 2. The Balaban J connectivity index is 2.05. The molecular formula is C17H18ClNO2. The molecule has 0 aromatic heterocycles. The van der Waals surface area contributed by atoms with Gasteiger partial charge in [-0.1, -0.05) is 41.9 Å². The number of nitrogens with zero attached hydrogens (tertiary/aromatic N) is 1. The number of hydrogen-bond donors (Lipinski definition) is 0. The summed E-state index contributed by atoms with van der Waals surface area (Å²) in [5.41, 5.74) is 1.90. The number of amides is 1. The summed E-state index contributed by atoms with van der Waals surface area (Å²) in [5.74, 6) is 0.709. The van der Waals surface area contributed by atoms with Gasteiger partial charge in [0.15, 0.2) is 0 Å². The standard InChI is InChI=1S/C17H18ClNO2/c1-19(12-13-6-4-3-5-7-13)17(20)11-14-10-15(18)8-9-16(14)21-2/h3-10H,11-12H2,1-2H3. The molecule has 0 bridgehead atoms. The van der Waals surface area contributed by atoms with Gasteiger partial charge in [-0.05, 0) is 23.8 Å². The first-order valence-corrected chi connectivity index (χ1v) is 7.08. The van der Waals surface area contributed by atoms with Crippen LogP contribution in [0.5, 0.6) is 5.75 Å². The van der Waals surface area contributed by atoms with Crippen LogP contribution in [0.4, 0.5) is 0 Å². The van der Waals surface area contributed by atoms with Crippen molar-refractivity contribution in [2.45, 2.75) is 13.0 Å². The minimum Gasteiger partial charge on any atom is -0.496 e. The molecule has 0 saturated heterocycles. The summed E-state index contributed by atoms with van der Waals surface area (Å²) in [4.78, 5) is 14.0. The van der Waals surface area contributed by atoms with E-state index in [9.17, 15) is 4.79 Å². The molecule has 0 saturated carbocycles. The van der Waals surface area contributed by atoms with Gasteiger partial charge in [-0.2, -0.15) is 0 Å². The first-order chi connectivity index (χ1) is 10.1. The summed E-state index contributed by atoms with van der Waals surface area (Å²) in [6, 6.07) is 15.2. The number of halogens is 1. The van der Waals surface area contributed by atoms with Gasteiger partial charge in [-0.15, -0.1) is 0 Å². The van der Waals surface area contributed by atoms with Gasteiger partial charge in [0.25, 0.3) is 0 Å². The molecule has 2 aromatic rings. The Morgan fingerprint density at radius 2 is 1.90 bits per heavy atom. The van der Waals surface area contributed by atoms with Crippen molar-refractivity contribution in [1.82, 2.24) is 4.90 Å². The molecule has 2 aromatic carbocycles. The predicted octanol–water partition coefficient (Wildman–Crippen LogP) is 3.55. The summed E-state index contributed by atoms with van der Waals surface area (Å²) in [6.45, 7) is 0.586. The zero-order chi connectivity index (χ0) is 15.2. The Morgan fingerprint density at radius 3 is 2.57 bits per heavy atom. The summed E-state index contributed by atoms with van der Waals surface area (Å²) < 4.78 is 5.27. The molecule has 0 aliphatic rings. The molecule has 0 fully saturated rings. The summed E-state index contributed by atoms with van der Waals surface area (Å²) in [6.07, 6.45) is 0.271. The minimum absolute atomic E-state index is 0.0272. The van der Waals surface area contributed by atoms with Crippen molar-refractivity contribution in [3.8, 4) is 5.75 Å². The maximum atomic E-state index is 12.3. The molecule has 0 N–H and O–H groups in total. The van der Waals surface area contributed by atoms with Crippen LogP contribution in [0, 0.1) is 0 Å². The average molecular weight is 304 g/mol. The number of rotatable bonds is 5. The highest BCUT2D eigenvalue weighted by Gasteiger charge is 2.13. The van der Waals surface area contributed by atoms with E-state index >= 15 is 0 Å². The molecule has 1 amide bonds. The summed E-state index contributed by atoms with van der Waals surface area (Å²) in [5, 5.41) is 0.601. The molecule has 0 aliphatic heterocycles. The lowest BCUT2D eigenvalue weighted by atomic mass is 10.1. The molecule has 21 heavy (non-hydrogen) atoms. The molecule has 0 heterocycles. The zero-order valence-corrected chi connectivity index (χ0v) is 12.9. The first-order valence-electron chi connectivity index (χ1n) is 6.70. The predicted molar refractivity (Wildman–Crippen MR) is 84.6 cm³/mol. The maximum absolute atomic E-state index is 12.3. The summed E-state index contributed by atoms with van der Waals surface area (Å²) in [7, 11) is 3.39. The van der Waals surface area contributed by atoms with Gasteiger partial charge in [0.1, 0.15) is 5.75 Å². The van der Waals surface area contributed by atoms with E-state index in [1.54, 1.807) is 37.3 Å². The van der Waals surface area contributed by atoms with Gasteiger partial charge < -0.3 is 9.64 Å². The molecule has 2 rings (SSSR count). The Kier molecular flexibility index (Phi) is 5.23. The van der Waals surface area contributed by atoms with Crippen molar-refractivity contribution in [2.24, 2.45) is 0 Å². The van der Waals surface area contributed by atoms with Crippen LogP contribution < -0.4 is 4.74 Å². The van der Waals surface area contributed by atoms with Crippen molar-refractivity contribution in [1.29, 1.82) is 0 Å². The highest BCUT2D eigenvalue weighted by atomic mass is 35.5. The fraction of sp³-hybridized carbons (Fsp3) is 0.235. The number of hydrogen-bond acceptors (Lipinski definition) is 2. The Hall–Kier alpha value is -2.00. The van der Waals surface area contributed by atoms with E-state index in [0.717, 1.165) is 11.1 Å². The van der Waals surface area contributed by atoms with Crippen LogP contribution in [0.3, 0.4) is 0 Å². The number of likely N-dealkylation sites (N-methyl/N-ethyl adjacent to an activating group) is 1. The number of carbonyl (C=O) groups is 1. The lowest BCUT2D eigenvalue weighted by Crippen LogP contribution is -2.27. The van der Waals surface area contributed by atoms with Crippen LogP contribution in [-0.4, -0.2) is 25.0 Å². The van der Waals surface area contributed by atoms with Crippen LogP contribution in [-0.2, 0) is 17.8 Å². The largest absolute Gasteiger partial charge is 0.496 e. The third-order valence-electron chi connectivity index (χ3n) is 3.27. The fourth-order valence-electron chi connectivity index (χ4n) is 2.13. The second-order valence-corrected chi connectivity index (χ2v) is 5.30. The molecule has 0 spiro atoms. The third kappa shape index (κ3) is 4.23. The molecule has 0 unspecified atom stereocenters. The normalized spacial score (nSPS) is 10.2. The van der Waals surface area contributed by atoms with Crippen LogP contribution in [0.15, 0.2) is 48.5 Å². The average Bonchev–Trinajstić information content (AvgIpc) is 2.48. The quantitative estimate of drug-likeness (QED) is 0.845.